The standard InChI is InChI=1S/C9H20N2.Ag/c1-7(2)9(8(3)4)10-5-6-11-9;/h7-8,10-11H,5-6H2,1-4H3;. The Morgan fingerprint density at radius 2 is 1.25 bits per heavy atom. The SMILES string of the molecule is CC(C)C1(C(C)C)NCCN1.[Ag]. The van der Waals surface area contributed by atoms with Crippen LogP contribution < -0.4 is 10.6 Å². The Morgan fingerprint density at radius 1 is 0.917 bits per heavy atom. The van der Waals surface area contributed by atoms with Crippen molar-refractivity contribution in [1.82, 2.24) is 10.6 Å². The van der Waals surface area contributed by atoms with E-state index in [1.54, 1.807) is 0 Å². The Kier molecular flexibility index (Phi) is 5.04. The second-order valence-corrected chi connectivity index (χ2v) is 4.03. The maximum Gasteiger partial charge on any atom is 0.0735 e. The van der Waals surface area contributed by atoms with Gasteiger partial charge in [0.1, 0.15) is 0 Å². The van der Waals surface area contributed by atoms with Gasteiger partial charge in [0.2, 0.25) is 0 Å². The third-order valence-electron chi connectivity index (χ3n) is 2.78. The van der Waals surface area contributed by atoms with Crippen molar-refractivity contribution in [2.24, 2.45) is 11.8 Å². The van der Waals surface area contributed by atoms with Gasteiger partial charge in [-0.15, -0.1) is 0 Å². The fourth-order valence-electron chi connectivity index (χ4n) is 2.08. The molecule has 0 saturated carbocycles. The van der Waals surface area contributed by atoms with E-state index >= 15 is 0 Å². The molecule has 0 spiro atoms. The summed E-state index contributed by atoms with van der Waals surface area (Å²) in [7, 11) is 0. The minimum Gasteiger partial charge on any atom is -0.298 e. The topological polar surface area (TPSA) is 24.1 Å². The van der Waals surface area contributed by atoms with E-state index in [1.807, 2.05) is 0 Å². The van der Waals surface area contributed by atoms with Gasteiger partial charge in [-0.3, -0.25) is 10.6 Å². The van der Waals surface area contributed by atoms with Gasteiger partial charge in [-0.25, -0.2) is 0 Å². The van der Waals surface area contributed by atoms with E-state index in [0.717, 1.165) is 13.1 Å². The van der Waals surface area contributed by atoms with Gasteiger partial charge in [0.25, 0.3) is 0 Å². The molecule has 0 bridgehead atoms. The van der Waals surface area contributed by atoms with Crippen molar-refractivity contribution < 1.29 is 22.4 Å². The van der Waals surface area contributed by atoms with Crippen molar-refractivity contribution in [3.05, 3.63) is 0 Å². The van der Waals surface area contributed by atoms with Crippen molar-refractivity contribution in [1.29, 1.82) is 0 Å². The second-order valence-electron chi connectivity index (χ2n) is 4.03. The molecule has 0 unspecified atom stereocenters. The number of hydrogen-bond donors (Lipinski definition) is 2. The van der Waals surface area contributed by atoms with Crippen molar-refractivity contribution in [3.8, 4) is 0 Å². The molecule has 1 aliphatic rings. The molecule has 77 valence electrons. The van der Waals surface area contributed by atoms with Crippen molar-refractivity contribution in [3.63, 3.8) is 0 Å². The van der Waals surface area contributed by atoms with Gasteiger partial charge in [0.15, 0.2) is 0 Å². The van der Waals surface area contributed by atoms with Crippen LogP contribution >= 0.6 is 0 Å². The zero-order valence-electron chi connectivity index (χ0n) is 8.37. The molecule has 0 aromatic rings. The molecule has 1 radical (unpaired) electrons. The summed E-state index contributed by atoms with van der Waals surface area (Å²) >= 11 is 0. The molecule has 3 heteroatoms. The van der Waals surface area contributed by atoms with E-state index in [4.69, 9.17) is 0 Å². The predicted molar refractivity (Wildman–Crippen MR) is 48.4 cm³/mol. The van der Waals surface area contributed by atoms with Gasteiger partial charge in [0.05, 0.1) is 5.66 Å². The molecule has 0 aromatic carbocycles. The van der Waals surface area contributed by atoms with Gasteiger partial charge in [-0.2, -0.15) is 0 Å². The third-order valence-corrected chi connectivity index (χ3v) is 2.78. The maximum absolute atomic E-state index is 3.56. The molecule has 0 aliphatic carbocycles. The summed E-state index contributed by atoms with van der Waals surface area (Å²) in [6.45, 7) is 11.3. The first-order valence-electron chi connectivity index (χ1n) is 4.59. The van der Waals surface area contributed by atoms with E-state index < -0.39 is 0 Å². The van der Waals surface area contributed by atoms with Crippen molar-refractivity contribution >= 4 is 0 Å². The van der Waals surface area contributed by atoms with Crippen molar-refractivity contribution in [2.45, 2.75) is 33.4 Å². The van der Waals surface area contributed by atoms with E-state index in [1.165, 1.54) is 0 Å². The van der Waals surface area contributed by atoms with Gasteiger partial charge in [-0.1, -0.05) is 27.7 Å². The predicted octanol–water partition coefficient (Wildman–Crippen LogP) is 1.19. The van der Waals surface area contributed by atoms with Crippen LogP contribution in [0.3, 0.4) is 0 Å². The monoisotopic (exact) mass is 263 g/mol. The van der Waals surface area contributed by atoms with E-state index in [2.05, 4.69) is 38.3 Å². The summed E-state index contributed by atoms with van der Waals surface area (Å²) in [5, 5.41) is 7.12. The van der Waals surface area contributed by atoms with Gasteiger partial charge in [0, 0.05) is 35.5 Å². The Morgan fingerprint density at radius 3 is 1.42 bits per heavy atom. The zero-order valence-corrected chi connectivity index (χ0v) is 9.85. The Bertz CT molecular complexity index is 118. The molecular formula is C9H20AgN2. The Hall–Kier alpha value is 0.660. The van der Waals surface area contributed by atoms with Crippen LogP contribution in [-0.4, -0.2) is 18.8 Å². The van der Waals surface area contributed by atoms with Crippen LogP contribution in [0.1, 0.15) is 27.7 Å². The first-order chi connectivity index (χ1) is 5.09. The van der Waals surface area contributed by atoms with E-state index in [0.29, 0.717) is 11.8 Å². The smallest absolute Gasteiger partial charge is 0.0735 e. The van der Waals surface area contributed by atoms with Crippen LogP contribution in [0.25, 0.3) is 0 Å². The van der Waals surface area contributed by atoms with Gasteiger partial charge >= 0.3 is 0 Å². The quantitative estimate of drug-likeness (QED) is 0.732. The van der Waals surface area contributed by atoms with Crippen LogP contribution in [-0.2, 0) is 22.4 Å². The van der Waals surface area contributed by atoms with Crippen LogP contribution in [0.5, 0.6) is 0 Å². The molecule has 1 saturated heterocycles. The van der Waals surface area contributed by atoms with Crippen LogP contribution in [0.15, 0.2) is 0 Å². The number of hydrogen-bond acceptors (Lipinski definition) is 2. The normalized spacial score (nSPS) is 21.5. The van der Waals surface area contributed by atoms with E-state index in [-0.39, 0.29) is 28.0 Å². The molecule has 2 N–H and O–H groups in total. The average Bonchev–Trinajstić information content (AvgIpc) is 2.34. The summed E-state index contributed by atoms with van der Waals surface area (Å²) in [5.74, 6) is 1.31. The minimum absolute atomic E-state index is 0. The first-order valence-corrected chi connectivity index (χ1v) is 4.59. The molecule has 0 amide bonds. The summed E-state index contributed by atoms with van der Waals surface area (Å²) in [6, 6.07) is 0. The number of nitrogens with one attached hydrogen (secondary N) is 2. The molecule has 12 heavy (non-hydrogen) atoms. The fraction of sp³-hybridized carbons (Fsp3) is 1.00. The molecule has 0 aromatic heterocycles. The number of rotatable bonds is 2. The first kappa shape index (κ1) is 12.7. The molecule has 1 heterocycles. The molecule has 2 nitrogen and oxygen atoms in total. The summed E-state index contributed by atoms with van der Waals surface area (Å²) in [6.07, 6.45) is 0. The van der Waals surface area contributed by atoms with Crippen molar-refractivity contribution in [2.75, 3.05) is 13.1 Å². The van der Waals surface area contributed by atoms with E-state index in [9.17, 15) is 0 Å². The summed E-state index contributed by atoms with van der Waals surface area (Å²) in [4.78, 5) is 0. The molecular weight excluding hydrogens is 244 g/mol. The zero-order chi connectivity index (χ0) is 8.48. The van der Waals surface area contributed by atoms with Gasteiger partial charge < -0.3 is 0 Å². The average molecular weight is 264 g/mol. The Labute approximate surface area is 91.4 Å². The van der Waals surface area contributed by atoms with Gasteiger partial charge in [-0.05, 0) is 11.8 Å². The molecule has 1 fully saturated rings. The molecule has 0 atom stereocenters. The molecule has 1 rings (SSSR count). The third kappa shape index (κ3) is 2.12. The summed E-state index contributed by atoms with van der Waals surface area (Å²) in [5.41, 5.74) is 0.194. The molecule has 1 aliphatic heterocycles. The maximum atomic E-state index is 3.56. The summed E-state index contributed by atoms with van der Waals surface area (Å²) < 4.78 is 0. The minimum atomic E-state index is 0. The van der Waals surface area contributed by atoms with Crippen LogP contribution in [0.2, 0.25) is 0 Å². The Balaban J connectivity index is 0.00000121. The largest absolute Gasteiger partial charge is 0.298 e. The fourth-order valence-corrected chi connectivity index (χ4v) is 2.08. The van der Waals surface area contributed by atoms with Crippen LogP contribution in [0, 0.1) is 11.8 Å². The second kappa shape index (κ2) is 4.77. The van der Waals surface area contributed by atoms with Crippen LogP contribution in [0.4, 0.5) is 0 Å².